The summed E-state index contributed by atoms with van der Waals surface area (Å²) in [5.74, 6) is -0.0256. The van der Waals surface area contributed by atoms with E-state index in [1.165, 1.54) is 0 Å². The van der Waals surface area contributed by atoms with Gasteiger partial charge in [0.25, 0.3) is 0 Å². The Bertz CT molecular complexity index is 464. The molecule has 1 fully saturated rings. The molecule has 1 N–H and O–H groups in total. The zero-order valence-corrected chi connectivity index (χ0v) is 22.6. The highest BCUT2D eigenvalue weighted by Gasteiger charge is 2.50. The summed E-state index contributed by atoms with van der Waals surface area (Å²) in [5, 5.41) is 10.3. The number of aliphatic hydroxyl groups is 1. The van der Waals surface area contributed by atoms with Crippen LogP contribution in [0, 0.1) is 5.92 Å². The van der Waals surface area contributed by atoms with E-state index < -0.39 is 16.6 Å². The summed E-state index contributed by atoms with van der Waals surface area (Å²) in [6.45, 7) is 27.9. The van der Waals surface area contributed by atoms with E-state index in [0.717, 1.165) is 0 Å². The van der Waals surface area contributed by atoms with Gasteiger partial charge in [0.2, 0.25) is 0 Å². The lowest BCUT2D eigenvalue weighted by molar-refractivity contribution is 0.0212. The lowest BCUT2D eigenvalue weighted by Gasteiger charge is -2.45. The molecule has 4 nitrogen and oxygen atoms in total. The van der Waals surface area contributed by atoms with Crippen molar-refractivity contribution in [2.24, 2.45) is 5.92 Å². The first-order chi connectivity index (χ1) is 12.6. The highest BCUT2D eigenvalue weighted by atomic mass is 28.4. The number of rotatable bonds is 11. The zero-order valence-electron chi connectivity index (χ0n) is 20.6. The molecule has 0 unspecified atom stereocenters. The quantitative estimate of drug-likeness (QED) is 0.323. The van der Waals surface area contributed by atoms with E-state index in [1.807, 2.05) is 0 Å². The van der Waals surface area contributed by atoms with Gasteiger partial charge in [0.05, 0.1) is 31.5 Å². The van der Waals surface area contributed by atoms with Gasteiger partial charge in [-0.3, -0.25) is 0 Å². The minimum atomic E-state index is -2.00. The predicted molar refractivity (Wildman–Crippen MR) is 124 cm³/mol. The molecule has 0 aromatic rings. The van der Waals surface area contributed by atoms with E-state index in [-0.39, 0.29) is 35.9 Å². The van der Waals surface area contributed by atoms with Crippen LogP contribution in [0.15, 0.2) is 0 Å². The summed E-state index contributed by atoms with van der Waals surface area (Å²) in [5.41, 5.74) is 1.60. The van der Waals surface area contributed by atoms with Crippen molar-refractivity contribution >= 4 is 16.6 Å². The monoisotopic (exact) mass is 432 g/mol. The largest absolute Gasteiger partial charge is 0.413 e. The Morgan fingerprint density at radius 2 is 1.39 bits per heavy atom. The molecule has 0 bridgehead atoms. The first-order valence-electron chi connectivity index (χ1n) is 11.2. The van der Waals surface area contributed by atoms with Gasteiger partial charge in [0.15, 0.2) is 16.6 Å². The van der Waals surface area contributed by atoms with E-state index >= 15 is 0 Å². The Morgan fingerprint density at radius 1 is 0.964 bits per heavy atom. The van der Waals surface area contributed by atoms with Crippen molar-refractivity contribution in [2.75, 3.05) is 13.2 Å². The van der Waals surface area contributed by atoms with E-state index in [9.17, 15) is 5.11 Å². The number of hydrogen-bond donors (Lipinski definition) is 1. The van der Waals surface area contributed by atoms with Crippen molar-refractivity contribution in [1.29, 1.82) is 0 Å². The molecule has 1 saturated heterocycles. The van der Waals surface area contributed by atoms with Crippen LogP contribution in [-0.4, -0.2) is 53.3 Å². The second-order valence-electron chi connectivity index (χ2n) is 11.2. The van der Waals surface area contributed by atoms with Crippen molar-refractivity contribution in [2.45, 2.75) is 122 Å². The Hall–Kier alpha value is 0.274. The smallest absolute Gasteiger partial charge is 0.200 e. The van der Waals surface area contributed by atoms with Crippen LogP contribution in [0.25, 0.3) is 0 Å². The van der Waals surface area contributed by atoms with Gasteiger partial charge in [-0.2, -0.15) is 0 Å². The predicted octanol–water partition coefficient (Wildman–Crippen LogP) is 5.96. The van der Waals surface area contributed by atoms with E-state index in [0.29, 0.717) is 23.2 Å². The van der Waals surface area contributed by atoms with E-state index in [2.05, 4.69) is 82.3 Å². The maximum Gasteiger partial charge on any atom is 0.200 e. The maximum absolute atomic E-state index is 10.2. The highest BCUT2D eigenvalue weighted by Crippen LogP contribution is 2.44. The summed E-state index contributed by atoms with van der Waals surface area (Å²) in [6.07, 6.45) is 0.158. The number of aliphatic hydroxyl groups excluding tert-OH is 1. The number of epoxide rings is 1. The molecule has 0 amide bonds. The normalized spacial score (nSPS) is 23.6. The average Bonchev–Trinajstić information content (AvgIpc) is 3.22. The minimum Gasteiger partial charge on any atom is -0.413 e. The van der Waals surface area contributed by atoms with E-state index in [1.54, 1.807) is 0 Å². The lowest BCUT2D eigenvalue weighted by atomic mass is 9.98. The van der Waals surface area contributed by atoms with Gasteiger partial charge in [0.1, 0.15) is 0 Å². The van der Waals surface area contributed by atoms with Gasteiger partial charge in [-0.1, -0.05) is 62.3 Å². The molecule has 1 aliphatic heterocycles. The average molecular weight is 433 g/mol. The molecule has 6 heteroatoms. The Balaban J connectivity index is 3.14. The highest BCUT2D eigenvalue weighted by molar-refractivity contribution is 6.77. The minimum absolute atomic E-state index is 0.0256. The topological polar surface area (TPSA) is 51.2 Å². The molecule has 1 aliphatic rings. The fourth-order valence-electron chi connectivity index (χ4n) is 4.61. The number of hydrogen-bond acceptors (Lipinski definition) is 4. The fourth-order valence-corrected chi connectivity index (χ4v) is 11.4. The van der Waals surface area contributed by atoms with Crippen LogP contribution >= 0.6 is 0 Å². The summed E-state index contributed by atoms with van der Waals surface area (Å²) >= 11 is 0. The first kappa shape index (κ1) is 26.3. The summed E-state index contributed by atoms with van der Waals surface area (Å²) in [4.78, 5) is 0. The lowest BCUT2D eigenvalue weighted by Crippen LogP contribution is -2.53. The SMILES string of the molecule is CC(C)[Si](OC[C@H](O[Si](C)(C)C(C)(C)C)[C@@H](CO)[C@@H]1O[C@@H]1C)(C(C)C)C(C)C. The van der Waals surface area contributed by atoms with Crippen LogP contribution in [0.5, 0.6) is 0 Å². The van der Waals surface area contributed by atoms with Crippen LogP contribution in [-0.2, 0) is 13.6 Å². The molecule has 0 radical (unpaired) electrons. The van der Waals surface area contributed by atoms with Gasteiger partial charge >= 0.3 is 0 Å². The third-order valence-corrected chi connectivity index (χ3v) is 17.9. The molecule has 4 atom stereocenters. The Labute approximate surface area is 177 Å². The van der Waals surface area contributed by atoms with Crippen LogP contribution in [0.1, 0.15) is 69.2 Å². The molecule has 0 saturated carbocycles. The van der Waals surface area contributed by atoms with Crippen molar-refractivity contribution < 1.29 is 18.7 Å². The molecule has 1 heterocycles. The van der Waals surface area contributed by atoms with Crippen LogP contribution < -0.4 is 0 Å². The van der Waals surface area contributed by atoms with Gasteiger partial charge in [-0.05, 0) is 41.7 Å². The second-order valence-corrected chi connectivity index (χ2v) is 21.4. The molecule has 0 aromatic heterocycles. The van der Waals surface area contributed by atoms with Gasteiger partial charge < -0.3 is 18.7 Å². The molecule has 168 valence electrons. The third-order valence-electron chi connectivity index (χ3n) is 7.33. The summed E-state index contributed by atoms with van der Waals surface area (Å²) < 4.78 is 19.5. The van der Waals surface area contributed by atoms with Crippen LogP contribution in [0.2, 0.25) is 34.8 Å². The van der Waals surface area contributed by atoms with E-state index in [4.69, 9.17) is 13.6 Å². The Kier molecular flexibility index (Phi) is 9.02. The van der Waals surface area contributed by atoms with Crippen molar-refractivity contribution in [3.63, 3.8) is 0 Å². The third kappa shape index (κ3) is 5.70. The number of ether oxygens (including phenoxy) is 1. The maximum atomic E-state index is 10.2. The zero-order chi connectivity index (χ0) is 22.1. The summed E-state index contributed by atoms with van der Waals surface area (Å²) in [6, 6.07) is 0. The summed E-state index contributed by atoms with van der Waals surface area (Å²) in [7, 11) is -3.98. The van der Waals surface area contributed by atoms with Gasteiger partial charge in [0, 0.05) is 5.92 Å². The van der Waals surface area contributed by atoms with Crippen LogP contribution in [0.4, 0.5) is 0 Å². The standard InChI is InChI=1S/C22H48O4Si2/c1-15(2)28(16(3)4,17(5)6)24-14-20(19(13-23)21-18(7)25-21)26-27(11,12)22(8,9)10/h15-21,23H,13-14H2,1-12H3/t18-,19-,20+,21-/m1/s1. The van der Waals surface area contributed by atoms with Gasteiger partial charge in [-0.25, -0.2) is 0 Å². The van der Waals surface area contributed by atoms with Crippen LogP contribution in [0.3, 0.4) is 0 Å². The molecule has 0 aliphatic carbocycles. The molecular formula is C22H48O4Si2. The molecule has 0 aromatic carbocycles. The van der Waals surface area contributed by atoms with Crippen molar-refractivity contribution in [3.8, 4) is 0 Å². The Morgan fingerprint density at radius 3 is 1.68 bits per heavy atom. The van der Waals surface area contributed by atoms with Crippen molar-refractivity contribution in [3.05, 3.63) is 0 Å². The van der Waals surface area contributed by atoms with Crippen molar-refractivity contribution in [1.82, 2.24) is 0 Å². The molecule has 28 heavy (non-hydrogen) atoms. The molecule has 1 rings (SSSR count). The second kappa shape index (κ2) is 9.60. The first-order valence-corrected chi connectivity index (χ1v) is 16.2. The molecule has 0 spiro atoms. The van der Waals surface area contributed by atoms with Gasteiger partial charge in [-0.15, -0.1) is 0 Å². The molecular weight excluding hydrogens is 384 g/mol. The fraction of sp³-hybridized carbons (Fsp3) is 1.00.